The zero-order valence-electron chi connectivity index (χ0n) is 11.3. The van der Waals surface area contributed by atoms with Gasteiger partial charge in [0.2, 0.25) is 11.9 Å². The van der Waals surface area contributed by atoms with Crippen LogP contribution in [0.2, 0.25) is 5.02 Å². The van der Waals surface area contributed by atoms with Crippen LogP contribution in [-0.2, 0) is 4.79 Å². The minimum atomic E-state index is -0.152. The van der Waals surface area contributed by atoms with Crippen molar-refractivity contribution in [1.29, 1.82) is 0 Å². The number of benzene rings is 1. The number of rotatable bonds is 6. The first-order valence-corrected chi connectivity index (χ1v) is 6.84. The van der Waals surface area contributed by atoms with E-state index in [4.69, 9.17) is 11.6 Å². The third-order valence-corrected chi connectivity index (χ3v) is 2.82. The number of amides is 1. The Hall–Kier alpha value is -2.40. The van der Waals surface area contributed by atoms with Crippen LogP contribution in [0.3, 0.4) is 0 Å². The summed E-state index contributed by atoms with van der Waals surface area (Å²) < 4.78 is 0. The number of carbonyl (C=O) groups excluding carboxylic acids is 1. The molecule has 1 amide bonds. The maximum atomic E-state index is 11.6. The molecule has 2 N–H and O–H groups in total. The van der Waals surface area contributed by atoms with Crippen molar-refractivity contribution in [3.05, 3.63) is 59.4 Å². The van der Waals surface area contributed by atoms with Crippen molar-refractivity contribution in [3.63, 3.8) is 0 Å². The van der Waals surface area contributed by atoms with Gasteiger partial charge in [0.05, 0.1) is 0 Å². The Labute approximate surface area is 128 Å². The molecule has 1 aromatic heterocycles. The molecule has 0 aliphatic heterocycles. The van der Waals surface area contributed by atoms with Crippen LogP contribution in [0.4, 0.5) is 5.95 Å². The van der Waals surface area contributed by atoms with Gasteiger partial charge in [-0.3, -0.25) is 4.79 Å². The van der Waals surface area contributed by atoms with E-state index in [-0.39, 0.29) is 5.91 Å². The molecule has 0 radical (unpaired) electrons. The molecule has 0 saturated heterocycles. The van der Waals surface area contributed by atoms with E-state index >= 15 is 0 Å². The highest BCUT2D eigenvalue weighted by molar-refractivity contribution is 6.30. The minimum absolute atomic E-state index is 0.152. The molecule has 21 heavy (non-hydrogen) atoms. The first-order chi connectivity index (χ1) is 10.2. The molecular formula is C15H15ClN4O. The van der Waals surface area contributed by atoms with Crippen molar-refractivity contribution in [2.75, 3.05) is 18.4 Å². The third kappa shape index (κ3) is 5.62. The first-order valence-electron chi connectivity index (χ1n) is 6.46. The molecule has 6 heteroatoms. The molecule has 0 fully saturated rings. The normalized spacial score (nSPS) is 10.5. The van der Waals surface area contributed by atoms with Gasteiger partial charge in [-0.1, -0.05) is 23.7 Å². The van der Waals surface area contributed by atoms with E-state index in [2.05, 4.69) is 20.6 Å². The molecule has 0 saturated carbocycles. The van der Waals surface area contributed by atoms with Gasteiger partial charge in [0.1, 0.15) is 0 Å². The summed E-state index contributed by atoms with van der Waals surface area (Å²) in [4.78, 5) is 19.6. The Morgan fingerprint density at radius 3 is 2.57 bits per heavy atom. The highest BCUT2D eigenvalue weighted by Crippen LogP contribution is 2.10. The summed E-state index contributed by atoms with van der Waals surface area (Å²) in [6.45, 7) is 1.05. The molecule has 0 spiro atoms. The Bertz CT molecular complexity index is 599. The lowest BCUT2D eigenvalue weighted by molar-refractivity contribution is -0.116. The average molecular weight is 303 g/mol. The first kappa shape index (κ1) is 15.0. The maximum Gasteiger partial charge on any atom is 0.244 e. The summed E-state index contributed by atoms with van der Waals surface area (Å²) in [7, 11) is 0. The predicted molar refractivity (Wildman–Crippen MR) is 84.0 cm³/mol. The van der Waals surface area contributed by atoms with E-state index in [9.17, 15) is 4.79 Å². The standard InChI is InChI=1S/C15H15ClN4O/c16-13-5-2-12(3-6-13)4-7-14(21)17-10-11-20-15-18-8-1-9-19-15/h1-9H,10-11H2,(H,17,21)(H,18,19,20). The molecule has 2 aromatic rings. The lowest BCUT2D eigenvalue weighted by atomic mass is 10.2. The van der Waals surface area contributed by atoms with Crippen molar-refractivity contribution in [3.8, 4) is 0 Å². The van der Waals surface area contributed by atoms with E-state index in [0.717, 1.165) is 5.56 Å². The van der Waals surface area contributed by atoms with E-state index in [1.54, 1.807) is 36.7 Å². The smallest absolute Gasteiger partial charge is 0.244 e. The van der Waals surface area contributed by atoms with Crippen LogP contribution in [0, 0.1) is 0 Å². The molecule has 0 unspecified atom stereocenters. The van der Waals surface area contributed by atoms with Crippen LogP contribution in [0.1, 0.15) is 5.56 Å². The van der Waals surface area contributed by atoms with Crippen LogP contribution in [0.25, 0.3) is 6.08 Å². The topological polar surface area (TPSA) is 66.9 Å². The van der Waals surface area contributed by atoms with Gasteiger partial charge < -0.3 is 10.6 Å². The molecule has 0 aliphatic rings. The fourth-order valence-corrected chi connectivity index (χ4v) is 1.68. The van der Waals surface area contributed by atoms with E-state index < -0.39 is 0 Å². The van der Waals surface area contributed by atoms with Gasteiger partial charge in [0.25, 0.3) is 0 Å². The number of hydrogen-bond acceptors (Lipinski definition) is 4. The van der Waals surface area contributed by atoms with Crippen LogP contribution < -0.4 is 10.6 Å². The van der Waals surface area contributed by atoms with E-state index in [1.165, 1.54) is 6.08 Å². The molecule has 0 atom stereocenters. The lowest BCUT2D eigenvalue weighted by Gasteiger charge is -2.04. The number of halogens is 1. The quantitative estimate of drug-likeness (QED) is 0.635. The highest BCUT2D eigenvalue weighted by Gasteiger charge is 1.96. The van der Waals surface area contributed by atoms with Crippen LogP contribution >= 0.6 is 11.6 Å². The largest absolute Gasteiger partial charge is 0.352 e. The summed E-state index contributed by atoms with van der Waals surface area (Å²) in [6, 6.07) is 9.00. The average Bonchev–Trinajstić information content (AvgIpc) is 2.52. The van der Waals surface area contributed by atoms with E-state index in [1.807, 2.05) is 12.1 Å². The number of nitrogens with zero attached hydrogens (tertiary/aromatic N) is 2. The summed E-state index contributed by atoms with van der Waals surface area (Å²) >= 11 is 5.79. The summed E-state index contributed by atoms with van der Waals surface area (Å²) in [5, 5.41) is 6.44. The number of aromatic nitrogens is 2. The van der Waals surface area contributed by atoms with Gasteiger partial charge in [0.15, 0.2) is 0 Å². The number of anilines is 1. The SMILES string of the molecule is O=C(C=Cc1ccc(Cl)cc1)NCCNc1ncccn1. The third-order valence-electron chi connectivity index (χ3n) is 2.57. The van der Waals surface area contributed by atoms with Gasteiger partial charge in [-0.15, -0.1) is 0 Å². The van der Waals surface area contributed by atoms with Crippen molar-refractivity contribution in [1.82, 2.24) is 15.3 Å². The number of hydrogen-bond donors (Lipinski definition) is 2. The second-order valence-corrected chi connectivity index (χ2v) is 4.61. The van der Waals surface area contributed by atoms with Gasteiger partial charge in [0, 0.05) is 36.6 Å². The molecule has 0 aliphatic carbocycles. The van der Waals surface area contributed by atoms with Gasteiger partial charge in [-0.25, -0.2) is 9.97 Å². The number of carbonyl (C=O) groups is 1. The van der Waals surface area contributed by atoms with Crippen molar-refractivity contribution in [2.45, 2.75) is 0 Å². The van der Waals surface area contributed by atoms with Gasteiger partial charge in [-0.05, 0) is 29.8 Å². The molecule has 108 valence electrons. The second-order valence-electron chi connectivity index (χ2n) is 4.18. The zero-order chi connectivity index (χ0) is 14.9. The number of nitrogens with one attached hydrogen (secondary N) is 2. The Kier molecular flexibility index (Phi) is 5.72. The van der Waals surface area contributed by atoms with Crippen molar-refractivity contribution in [2.24, 2.45) is 0 Å². The summed E-state index contributed by atoms with van der Waals surface area (Å²) in [5.74, 6) is 0.393. The molecule has 5 nitrogen and oxygen atoms in total. The minimum Gasteiger partial charge on any atom is -0.352 e. The monoisotopic (exact) mass is 302 g/mol. The lowest BCUT2D eigenvalue weighted by Crippen LogP contribution is -2.27. The molecule has 2 rings (SSSR count). The molecule has 0 bridgehead atoms. The maximum absolute atomic E-state index is 11.6. The second kappa shape index (κ2) is 8.01. The highest BCUT2D eigenvalue weighted by atomic mass is 35.5. The fourth-order valence-electron chi connectivity index (χ4n) is 1.56. The van der Waals surface area contributed by atoms with Gasteiger partial charge in [-0.2, -0.15) is 0 Å². The fraction of sp³-hybridized carbons (Fsp3) is 0.133. The summed E-state index contributed by atoms with van der Waals surface area (Å²) in [6.07, 6.45) is 6.53. The Balaban J connectivity index is 1.69. The van der Waals surface area contributed by atoms with Crippen LogP contribution in [0.15, 0.2) is 48.8 Å². The van der Waals surface area contributed by atoms with Crippen LogP contribution in [-0.4, -0.2) is 29.0 Å². The van der Waals surface area contributed by atoms with Gasteiger partial charge >= 0.3 is 0 Å². The molecular weight excluding hydrogens is 288 g/mol. The summed E-state index contributed by atoms with van der Waals surface area (Å²) in [5.41, 5.74) is 0.922. The Morgan fingerprint density at radius 2 is 1.86 bits per heavy atom. The predicted octanol–water partition coefficient (Wildman–Crippen LogP) is 2.37. The van der Waals surface area contributed by atoms with Crippen LogP contribution in [0.5, 0.6) is 0 Å². The van der Waals surface area contributed by atoms with E-state index in [0.29, 0.717) is 24.1 Å². The molecule has 1 heterocycles. The van der Waals surface area contributed by atoms with Crippen molar-refractivity contribution >= 4 is 29.5 Å². The molecule has 1 aromatic carbocycles. The van der Waals surface area contributed by atoms with Crippen molar-refractivity contribution < 1.29 is 4.79 Å². The Morgan fingerprint density at radius 1 is 1.14 bits per heavy atom. The zero-order valence-corrected chi connectivity index (χ0v) is 12.0.